The SMILES string of the molecule is CCCCC[C@H](O)/C=C/[C@H]1CC[C@H](OCc2ccc(-c3ccccc3)cc2)[C@@H]1C/C=C\CCCC(=O)O. The lowest BCUT2D eigenvalue weighted by Crippen LogP contribution is -2.21. The van der Waals surface area contributed by atoms with Crippen LogP contribution in [0.25, 0.3) is 11.1 Å². The molecular weight excluding hydrogens is 460 g/mol. The first-order chi connectivity index (χ1) is 18.1. The summed E-state index contributed by atoms with van der Waals surface area (Å²) in [6, 6.07) is 19.0. The van der Waals surface area contributed by atoms with Crippen molar-refractivity contribution in [1.82, 2.24) is 0 Å². The number of aliphatic carboxylic acids is 1. The van der Waals surface area contributed by atoms with E-state index in [-0.39, 0.29) is 18.6 Å². The minimum atomic E-state index is -0.739. The molecule has 0 unspecified atom stereocenters. The summed E-state index contributed by atoms with van der Waals surface area (Å²) in [5.74, 6) is 0.00510. The number of aliphatic hydroxyl groups excluding tert-OH is 1. The highest BCUT2D eigenvalue weighted by Gasteiger charge is 2.34. The minimum Gasteiger partial charge on any atom is -0.481 e. The number of unbranched alkanes of at least 4 members (excludes halogenated alkanes) is 3. The second-order valence-corrected chi connectivity index (χ2v) is 10.3. The summed E-state index contributed by atoms with van der Waals surface area (Å²) in [5, 5.41) is 19.2. The van der Waals surface area contributed by atoms with Crippen LogP contribution in [0.1, 0.15) is 76.7 Å². The minimum absolute atomic E-state index is 0.171. The molecule has 0 aromatic heterocycles. The Labute approximate surface area is 223 Å². The number of rotatable bonds is 16. The number of allylic oxidation sites excluding steroid dienone is 3. The maximum Gasteiger partial charge on any atom is 0.303 e. The molecule has 0 radical (unpaired) electrons. The molecule has 1 aliphatic carbocycles. The molecule has 1 fully saturated rings. The first kappa shape index (κ1) is 28.9. The van der Waals surface area contributed by atoms with Crippen molar-refractivity contribution in [3.63, 3.8) is 0 Å². The molecule has 4 atom stereocenters. The number of aliphatic hydroxyl groups is 1. The first-order valence-corrected chi connectivity index (χ1v) is 14.1. The van der Waals surface area contributed by atoms with Crippen LogP contribution in [0.3, 0.4) is 0 Å². The fourth-order valence-electron chi connectivity index (χ4n) is 5.17. The number of hydrogen-bond donors (Lipinski definition) is 2. The quantitative estimate of drug-likeness (QED) is 0.180. The summed E-state index contributed by atoms with van der Waals surface area (Å²) in [7, 11) is 0. The zero-order valence-corrected chi connectivity index (χ0v) is 22.3. The number of benzene rings is 2. The average molecular weight is 505 g/mol. The second kappa shape index (κ2) is 16.2. The van der Waals surface area contributed by atoms with E-state index >= 15 is 0 Å². The maximum atomic E-state index is 10.7. The van der Waals surface area contributed by atoms with Gasteiger partial charge in [0.25, 0.3) is 0 Å². The van der Waals surface area contributed by atoms with E-state index in [9.17, 15) is 9.90 Å². The predicted molar refractivity (Wildman–Crippen MR) is 151 cm³/mol. The third kappa shape index (κ3) is 10.3. The molecule has 4 nitrogen and oxygen atoms in total. The first-order valence-electron chi connectivity index (χ1n) is 14.1. The monoisotopic (exact) mass is 504 g/mol. The molecule has 2 aromatic carbocycles. The van der Waals surface area contributed by atoms with Gasteiger partial charge in [0.05, 0.1) is 18.8 Å². The molecule has 1 saturated carbocycles. The smallest absolute Gasteiger partial charge is 0.303 e. The van der Waals surface area contributed by atoms with E-state index in [1.54, 1.807) is 0 Å². The summed E-state index contributed by atoms with van der Waals surface area (Å²) in [4.78, 5) is 10.7. The van der Waals surface area contributed by atoms with E-state index in [0.717, 1.165) is 51.4 Å². The molecule has 1 aliphatic rings. The van der Waals surface area contributed by atoms with Gasteiger partial charge in [-0.15, -0.1) is 0 Å². The lowest BCUT2D eigenvalue weighted by molar-refractivity contribution is -0.137. The molecule has 0 bridgehead atoms. The highest BCUT2D eigenvalue weighted by molar-refractivity contribution is 5.66. The molecule has 3 rings (SSSR count). The number of carboxylic acids is 1. The van der Waals surface area contributed by atoms with Crippen molar-refractivity contribution in [1.29, 1.82) is 0 Å². The van der Waals surface area contributed by atoms with Gasteiger partial charge in [-0.2, -0.15) is 0 Å². The van der Waals surface area contributed by atoms with E-state index in [1.165, 1.54) is 16.7 Å². The standard InChI is InChI=1S/C33H44O4/c1-2-3-7-14-30(34)23-21-29-22-24-32(31(29)15-10-4-5-11-16-33(35)36)37-25-26-17-19-28(20-18-26)27-12-8-6-9-13-27/h4,6,8-10,12-13,17-21,23,29-32,34H,2-3,5,7,11,14-16,22,24-25H2,1H3,(H,35,36)/b10-4-,23-21+/t29-,30-,31+,32-/m0/s1. The molecule has 0 saturated heterocycles. The van der Waals surface area contributed by atoms with Crippen LogP contribution in [0.2, 0.25) is 0 Å². The summed E-state index contributed by atoms with van der Waals surface area (Å²) in [6.45, 7) is 2.77. The van der Waals surface area contributed by atoms with Crippen LogP contribution >= 0.6 is 0 Å². The van der Waals surface area contributed by atoms with Crippen molar-refractivity contribution in [2.24, 2.45) is 11.8 Å². The molecular formula is C33H44O4. The third-order valence-electron chi connectivity index (χ3n) is 7.36. The van der Waals surface area contributed by atoms with Crippen molar-refractivity contribution in [3.8, 4) is 11.1 Å². The number of carboxylic acid groups (broad SMARTS) is 1. The molecule has 0 heterocycles. The fourth-order valence-corrected chi connectivity index (χ4v) is 5.17. The van der Waals surface area contributed by atoms with Crippen molar-refractivity contribution >= 4 is 5.97 Å². The number of ether oxygens (including phenoxy) is 1. The Kier molecular flexibility index (Phi) is 12.7. The Morgan fingerprint density at radius 1 is 1.00 bits per heavy atom. The topological polar surface area (TPSA) is 66.8 Å². The molecule has 0 amide bonds. The van der Waals surface area contributed by atoms with E-state index in [4.69, 9.17) is 9.84 Å². The lowest BCUT2D eigenvalue weighted by Gasteiger charge is -2.23. The van der Waals surface area contributed by atoms with Gasteiger partial charge in [-0.3, -0.25) is 4.79 Å². The molecule has 0 spiro atoms. The Bertz CT molecular complexity index is 964. The Balaban J connectivity index is 1.57. The Morgan fingerprint density at radius 3 is 2.49 bits per heavy atom. The van der Waals surface area contributed by atoms with Crippen molar-refractivity contribution < 1.29 is 19.7 Å². The summed E-state index contributed by atoms with van der Waals surface area (Å²) >= 11 is 0. The lowest BCUT2D eigenvalue weighted by atomic mass is 9.90. The maximum absolute atomic E-state index is 10.7. The molecule has 4 heteroatoms. The average Bonchev–Trinajstić information content (AvgIpc) is 3.30. The van der Waals surface area contributed by atoms with Gasteiger partial charge in [0.15, 0.2) is 0 Å². The fraction of sp³-hybridized carbons (Fsp3) is 0.485. The largest absolute Gasteiger partial charge is 0.481 e. The normalized spacial score (nSPS) is 20.6. The van der Waals surface area contributed by atoms with Crippen molar-refractivity contribution in [2.75, 3.05) is 0 Å². The van der Waals surface area contributed by atoms with Crippen LogP contribution in [0.4, 0.5) is 0 Å². The van der Waals surface area contributed by atoms with Gasteiger partial charge < -0.3 is 14.9 Å². The molecule has 2 N–H and O–H groups in total. The number of hydrogen-bond acceptors (Lipinski definition) is 3. The van der Waals surface area contributed by atoms with Gasteiger partial charge in [-0.25, -0.2) is 0 Å². The third-order valence-corrected chi connectivity index (χ3v) is 7.36. The van der Waals surface area contributed by atoms with Gasteiger partial charge in [0, 0.05) is 6.42 Å². The van der Waals surface area contributed by atoms with E-state index in [2.05, 4.69) is 73.7 Å². The number of carbonyl (C=O) groups is 1. The molecule has 2 aromatic rings. The van der Waals surface area contributed by atoms with Crippen LogP contribution in [0, 0.1) is 11.8 Å². The Morgan fingerprint density at radius 2 is 1.76 bits per heavy atom. The molecule has 200 valence electrons. The van der Waals surface area contributed by atoms with Crippen LogP contribution in [0.15, 0.2) is 78.9 Å². The van der Waals surface area contributed by atoms with Gasteiger partial charge in [-0.1, -0.05) is 105 Å². The highest BCUT2D eigenvalue weighted by Crippen LogP contribution is 2.38. The van der Waals surface area contributed by atoms with Gasteiger partial charge in [0.1, 0.15) is 0 Å². The predicted octanol–water partition coefficient (Wildman–Crippen LogP) is 7.96. The van der Waals surface area contributed by atoms with Gasteiger partial charge in [-0.05, 0) is 67.1 Å². The van der Waals surface area contributed by atoms with Crippen molar-refractivity contribution in [3.05, 3.63) is 84.5 Å². The zero-order chi connectivity index (χ0) is 26.3. The second-order valence-electron chi connectivity index (χ2n) is 10.3. The zero-order valence-electron chi connectivity index (χ0n) is 22.3. The van der Waals surface area contributed by atoms with Crippen LogP contribution in [-0.2, 0) is 16.1 Å². The van der Waals surface area contributed by atoms with Crippen LogP contribution in [0.5, 0.6) is 0 Å². The van der Waals surface area contributed by atoms with Crippen molar-refractivity contribution in [2.45, 2.75) is 89.9 Å². The Hall–Kier alpha value is -2.69. The van der Waals surface area contributed by atoms with E-state index < -0.39 is 5.97 Å². The van der Waals surface area contributed by atoms with Gasteiger partial charge in [0.2, 0.25) is 0 Å². The van der Waals surface area contributed by atoms with Gasteiger partial charge >= 0.3 is 5.97 Å². The summed E-state index contributed by atoms with van der Waals surface area (Å²) in [6.07, 6.45) is 17.2. The van der Waals surface area contributed by atoms with E-state index in [1.807, 2.05) is 12.1 Å². The van der Waals surface area contributed by atoms with Crippen LogP contribution < -0.4 is 0 Å². The summed E-state index contributed by atoms with van der Waals surface area (Å²) in [5.41, 5.74) is 3.60. The van der Waals surface area contributed by atoms with Crippen LogP contribution in [-0.4, -0.2) is 28.4 Å². The molecule has 37 heavy (non-hydrogen) atoms. The summed E-state index contributed by atoms with van der Waals surface area (Å²) < 4.78 is 6.47. The van der Waals surface area contributed by atoms with E-state index in [0.29, 0.717) is 24.9 Å². The molecule has 0 aliphatic heterocycles. The highest BCUT2D eigenvalue weighted by atomic mass is 16.5.